The van der Waals surface area contributed by atoms with Gasteiger partial charge in [0.15, 0.2) is 0 Å². The van der Waals surface area contributed by atoms with Crippen LogP contribution in [0.15, 0.2) is 22.7 Å². The van der Waals surface area contributed by atoms with Crippen LogP contribution in [0.2, 0.25) is 0 Å². The van der Waals surface area contributed by atoms with Crippen LogP contribution in [0.4, 0.5) is 13.2 Å². The van der Waals surface area contributed by atoms with Crippen LogP contribution < -0.4 is 5.73 Å². The lowest BCUT2D eigenvalue weighted by molar-refractivity contribution is -0.137. The van der Waals surface area contributed by atoms with E-state index in [4.69, 9.17) is 5.73 Å². The third-order valence-electron chi connectivity index (χ3n) is 3.68. The van der Waals surface area contributed by atoms with Crippen molar-refractivity contribution >= 4 is 15.9 Å². The second-order valence-electron chi connectivity index (χ2n) is 4.94. The lowest BCUT2D eigenvalue weighted by Crippen LogP contribution is -2.36. The zero-order valence-electron chi connectivity index (χ0n) is 10.1. The maximum atomic E-state index is 12.7. The molecule has 0 spiro atoms. The first-order chi connectivity index (χ1) is 8.80. The van der Waals surface area contributed by atoms with Crippen molar-refractivity contribution in [2.45, 2.75) is 37.6 Å². The minimum atomic E-state index is -4.41. The largest absolute Gasteiger partial charge is 0.416 e. The number of benzene rings is 1. The molecule has 0 heterocycles. The molecular formula is C13H15BrF3NO. The van der Waals surface area contributed by atoms with Gasteiger partial charge in [-0.25, -0.2) is 0 Å². The molecule has 1 saturated carbocycles. The van der Waals surface area contributed by atoms with Crippen molar-refractivity contribution in [1.82, 2.24) is 0 Å². The van der Waals surface area contributed by atoms with Crippen molar-refractivity contribution in [1.29, 1.82) is 0 Å². The molecule has 106 valence electrons. The molecule has 0 amide bonds. The van der Waals surface area contributed by atoms with E-state index >= 15 is 0 Å². The summed E-state index contributed by atoms with van der Waals surface area (Å²) in [4.78, 5) is 0. The van der Waals surface area contributed by atoms with Crippen LogP contribution >= 0.6 is 15.9 Å². The monoisotopic (exact) mass is 337 g/mol. The van der Waals surface area contributed by atoms with E-state index in [-0.39, 0.29) is 5.92 Å². The van der Waals surface area contributed by atoms with Gasteiger partial charge in [0.1, 0.15) is 0 Å². The molecule has 2 atom stereocenters. The maximum absolute atomic E-state index is 12.7. The van der Waals surface area contributed by atoms with Crippen molar-refractivity contribution < 1.29 is 18.3 Å². The number of aliphatic hydroxyl groups is 1. The van der Waals surface area contributed by atoms with Gasteiger partial charge in [0.25, 0.3) is 0 Å². The highest BCUT2D eigenvalue weighted by Gasteiger charge is 2.34. The highest BCUT2D eigenvalue weighted by Crippen LogP contribution is 2.38. The zero-order valence-corrected chi connectivity index (χ0v) is 11.7. The number of rotatable bonds is 3. The predicted octanol–water partition coefficient (Wildman–Crippen LogP) is 3.63. The SMILES string of the molecule is N[C@H](c1cc(C(F)(F)F)ccc1Br)[C@@H](O)C1CCC1. The van der Waals surface area contributed by atoms with E-state index in [2.05, 4.69) is 15.9 Å². The van der Waals surface area contributed by atoms with Crippen molar-refractivity contribution in [3.8, 4) is 0 Å². The van der Waals surface area contributed by atoms with Gasteiger partial charge < -0.3 is 10.8 Å². The normalized spacial score (nSPS) is 19.9. The Morgan fingerprint density at radius 2 is 1.95 bits per heavy atom. The summed E-state index contributed by atoms with van der Waals surface area (Å²) in [6.45, 7) is 0. The fourth-order valence-corrected chi connectivity index (χ4v) is 2.75. The Morgan fingerprint density at radius 1 is 1.32 bits per heavy atom. The second-order valence-corrected chi connectivity index (χ2v) is 5.80. The van der Waals surface area contributed by atoms with Crippen molar-refractivity contribution in [3.05, 3.63) is 33.8 Å². The smallest absolute Gasteiger partial charge is 0.391 e. The van der Waals surface area contributed by atoms with Gasteiger partial charge in [-0.15, -0.1) is 0 Å². The number of hydrogen-bond acceptors (Lipinski definition) is 2. The fraction of sp³-hybridized carbons (Fsp3) is 0.538. The van der Waals surface area contributed by atoms with Gasteiger partial charge in [0, 0.05) is 4.47 Å². The van der Waals surface area contributed by atoms with Crippen LogP contribution in [0.5, 0.6) is 0 Å². The Labute approximate surface area is 117 Å². The lowest BCUT2D eigenvalue weighted by atomic mass is 9.77. The number of nitrogens with two attached hydrogens (primary N) is 1. The first-order valence-corrected chi connectivity index (χ1v) is 6.90. The first kappa shape index (κ1) is 14.8. The van der Waals surface area contributed by atoms with E-state index in [1.54, 1.807) is 0 Å². The molecule has 1 aliphatic rings. The van der Waals surface area contributed by atoms with E-state index in [1.807, 2.05) is 0 Å². The summed E-state index contributed by atoms with van der Waals surface area (Å²) in [5.74, 6) is 0.0939. The summed E-state index contributed by atoms with van der Waals surface area (Å²) in [5.41, 5.74) is 5.47. The van der Waals surface area contributed by atoms with Crippen molar-refractivity contribution in [2.24, 2.45) is 11.7 Å². The zero-order chi connectivity index (χ0) is 14.2. The van der Waals surface area contributed by atoms with Crippen LogP contribution in [0.1, 0.15) is 36.4 Å². The molecule has 6 heteroatoms. The molecule has 2 rings (SSSR count). The topological polar surface area (TPSA) is 46.2 Å². The van der Waals surface area contributed by atoms with E-state index in [0.717, 1.165) is 31.4 Å². The van der Waals surface area contributed by atoms with Crippen LogP contribution in [0, 0.1) is 5.92 Å². The molecule has 0 unspecified atom stereocenters. The molecule has 3 N–H and O–H groups in total. The standard InChI is InChI=1S/C13H15BrF3NO/c14-10-5-4-8(13(15,16)17)6-9(10)11(18)12(19)7-2-1-3-7/h4-7,11-12,19H,1-3,18H2/t11-,12+/m1/s1. The van der Waals surface area contributed by atoms with Crippen LogP contribution in [-0.2, 0) is 6.18 Å². The molecule has 0 aromatic heterocycles. The van der Waals surface area contributed by atoms with Gasteiger partial charge in [-0.3, -0.25) is 0 Å². The van der Waals surface area contributed by atoms with E-state index in [9.17, 15) is 18.3 Å². The van der Waals surface area contributed by atoms with Crippen molar-refractivity contribution in [3.63, 3.8) is 0 Å². The van der Waals surface area contributed by atoms with Crippen LogP contribution in [0.3, 0.4) is 0 Å². The van der Waals surface area contributed by atoms with Crippen LogP contribution in [-0.4, -0.2) is 11.2 Å². The van der Waals surface area contributed by atoms with Gasteiger partial charge in [0.05, 0.1) is 17.7 Å². The van der Waals surface area contributed by atoms with E-state index < -0.39 is 23.9 Å². The Hall–Kier alpha value is -0.590. The number of hydrogen-bond donors (Lipinski definition) is 2. The Morgan fingerprint density at radius 3 is 2.42 bits per heavy atom. The van der Waals surface area contributed by atoms with Crippen molar-refractivity contribution in [2.75, 3.05) is 0 Å². The molecule has 1 aliphatic carbocycles. The van der Waals surface area contributed by atoms with Gasteiger partial charge in [-0.2, -0.15) is 13.2 Å². The molecule has 2 nitrogen and oxygen atoms in total. The second kappa shape index (κ2) is 5.42. The van der Waals surface area contributed by atoms with Gasteiger partial charge in [0.2, 0.25) is 0 Å². The summed E-state index contributed by atoms with van der Waals surface area (Å²) in [6.07, 6.45) is -2.40. The Kier molecular flexibility index (Phi) is 4.23. The summed E-state index contributed by atoms with van der Waals surface area (Å²) in [5, 5.41) is 10.1. The van der Waals surface area contributed by atoms with Gasteiger partial charge in [-0.1, -0.05) is 22.4 Å². The van der Waals surface area contributed by atoms with Gasteiger partial charge >= 0.3 is 6.18 Å². The number of aliphatic hydroxyl groups excluding tert-OH is 1. The maximum Gasteiger partial charge on any atom is 0.416 e. The molecule has 0 bridgehead atoms. The number of halogens is 4. The number of alkyl halides is 3. The molecule has 0 radical (unpaired) electrons. The van der Waals surface area contributed by atoms with Gasteiger partial charge in [-0.05, 0) is 42.5 Å². The minimum absolute atomic E-state index is 0.0939. The minimum Gasteiger partial charge on any atom is -0.391 e. The third kappa shape index (κ3) is 3.12. The molecule has 0 saturated heterocycles. The Balaban J connectivity index is 2.27. The summed E-state index contributed by atoms with van der Waals surface area (Å²) < 4.78 is 38.5. The molecule has 19 heavy (non-hydrogen) atoms. The molecule has 1 aromatic rings. The molecule has 0 aliphatic heterocycles. The Bertz CT molecular complexity index is 460. The highest BCUT2D eigenvalue weighted by molar-refractivity contribution is 9.10. The summed E-state index contributed by atoms with van der Waals surface area (Å²) in [6, 6.07) is 2.53. The molecular weight excluding hydrogens is 323 g/mol. The lowest BCUT2D eigenvalue weighted by Gasteiger charge is -2.34. The molecule has 1 aromatic carbocycles. The average molecular weight is 338 g/mol. The summed E-state index contributed by atoms with van der Waals surface area (Å²) >= 11 is 3.20. The average Bonchev–Trinajstić information content (AvgIpc) is 2.24. The fourth-order valence-electron chi connectivity index (χ4n) is 2.23. The molecule has 1 fully saturated rings. The third-order valence-corrected chi connectivity index (χ3v) is 4.41. The van der Waals surface area contributed by atoms with E-state index in [0.29, 0.717) is 10.0 Å². The highest BCUT2D eigenvalue weighted by atomic mass is 79.9. The van der Waals surface area contributed by atoms with Crippen LogP contribution in [0.25, 0.3) is 0 Å². The summed E-state index contributed by atoms with van der Waals surface area (Å²) in [7, 11) is 0. The quantitative estimate of drug-likeness (QED) is 0.884. The van der Waals surface area contributed by atoms with E-state index in [1.165, 1.54) is 6.07 Å². The first-order valence-electron chi connectivity index (χ1n) is 6.11. The predicted molar refractivity (Wildman–Crippen MR) is 69.4 cm³/mol.